The molecular weight excluding hydrogens is 1200 g/mol. The molecule has 0 aliphatic rings. The summed E-state index contributed by atoms with van der Waals surface area (Å²) in [7, 11) is -9.90. The van der Waals surface area contributed by atoms with E-state index in [-0.39, 0.29) is 25.7 Å². The molecule has 0 rings (SSSR count). The van der Waals surface area contributed by atoms with Crippen molar-refractivity contribution >= 4 is 39.5 Å². The minimum absolute atomic E-state index is 0.106. The van der Waals surface area contributed by atoms with E-state index in [0.29, 0.717) is 25.7 Å². The molecule has 0 fully saturated rings. The molecule has 91 heavy (non-hydrogen) atoms. The summed E-state index contributed by atoms with van der Waals surface area (Å²) < 4.78 is 68.3. The molecule has 0 radical (unpaired) electrons. The van der Waals surface area contributed by atoms with Gasteiger partial charge in [-0.1, -0.05) is 318 Å². The van der Waals surface area contributed by atoms with Gasteiger partial charge < -0.3 is 33.8 Å². The van der Waals surface area contributed by atoms with Gasteiger partial charge in [-0.3, -0.25) is 37.3 Å². The maximum Gasteiger partial charge on any atom is 0.472 e. The number of unbranched alkanes of at least 4 members (excludes halogenated alkanes) is 40. The number of ether oxygens (including phenoxy) is 4. The topological polar surface area (TPSA) is 237 Å². The molecule has 17 nitrogen and oxygen atoms in total. The molecule has 0 aromatic rings. The molecule has 0 aliphatic carbocycles. The summed E-state index contributed by atoms with van der Waals surface area (Å²) in [5, 5.41) is 10.6. The highest BCUT2D eigenvalue weighted by molar-refractivity contribution is 7.47. The zero-order valence-electron chi connectivity index (χ0n) is 59.1. The standard InChI is InChI=1S/C72H140O17P2/c1-7-10-12-14-16-18-20-28-31-35-42-48-54-69(74)82-60-67(88-72(77)57-51-45-37-33-29-25-23-21-22-24-27-30-34-40-46-52-64(4)5)62-86-90(78,79)84-58-66(73)59-85-91(80,81)87-63-68(61-83-70(75)55-49-43-39-38-41-47-53-65(6)9-3)89-71(76)56-50-44-36-32-26-19-17-15-13-11-8-2/h64-68,73H,7-63H2,1-6H3,(H,78,79)(H,80,81)/t65?,66-,67-,68-/m1/s1. The van der Waals surface area contributed by atoms with Crippen molar-refractivity contribution in [2.45, 2.75) is 387 Å². The lowest BCUT2D eigenvalue weighted by Crippen LogP contribution is -2.30. The van der Waals surface area contributed by atoms with Crippen molar-refractivity contribution < 1.29 is 80.2 Å². The van der Waals surface area contributed by atoms with Crippen molar-refractivity contribution in [3.8, 4) is 0 Å². The molecule has 3 N–H and O–H groups in total. The van der Waals surface area contributed by atoms with Crippen LogP contribution in [0, 0.1) is 11.8 Å². The summed E-state index contributed by atoms with van der Waals surface area (Å²) in [4.78, 5) is 72.6. The van der Waals surface area contributed by atoms with Crippen LogP contribution in [0.2, 0.25) is 0 Å². The summed E-state index contributed by atoms with van der Waals surface area (Å²) in [6, 6.07) is 0. The Morgan fingerprint density at radius 1 is 0.319 bits per heavy atom. The first-order valence-electron chi connectivity index (χ1n) is 37.5. The van der Waals surface area contributed by atoms with Gasteiger partial charge in [0.25, 0.3) is 0 Å². The number of aliphatic hydroxyl groups is 1. The van der Waals surface area contributed by atoms with Crippen molar-refractivity contribution in [3.63, 3.8) is 0 Å². The molecule has 6 atom stereocenters. The van der Waals surface area contributed by atoms with Gasteiger partial charge in [-0.15, -0.1) is 0 Å². The minimum atomic E-state index is -4.95. The Morgan fingerprint density at radius 2 is 0.560 bits per heavy atom. The van der Waals surface area contributed by atoms with Crippen LogP contribution in [0.1, 0.15) is 369 Å². The van der Waals surface area contributed by atoms with Crippen molar-refractivity contribution in [2.75, 3.05) is 39.6 Å². The van der Waals surface area contributed by atoms with Crippen molar-refractivity contribution in [2.24, 2.45) is 11.8 Å². The number of esters is 4. The predicted molar refractivity (Wildman–Crippen MR) is 368 cm³/mol. The normalized spacial score (nSPS) is 14.4. The minimum Gasteiger partial charge on any atom is -0.462 e. The molecule has 540 valence electrons. The molecule has 0 amide bonds. The van der Waals surface area contributed by atoms with E-state index >= 15 is 0 Å². The third-order valence-electron chi connectivity index (χ3n) is 17.1. The second-order valence-electron chi connectivity index (χ2n) is 26.7. The first kappa shape index (κ1) is 89.1. The molecule has 3 unspecified atom stereocenters. The average molecular weight is 1340 g/mol. The van der Waals surface area contributed by atoms with Gasteiger partial charge in [0.05, 0.1) is 26.4 Å². The molecule has 0 aromatic carbocycles. The first-order chi connectivity index (χ1) is 43.9. The fraction of sp³-hybridized carbons (Fsp3) is 0.944. The van der Waals surface area contributed by atoms with Crippen LogP contribution in [-0.4, -0.2) is 96.7 Å². The highest BCUT2D eigenvalue weighted by Gasteiger charge is 2.30. The van der Waals surface area contributed by atoms with Gasteiger partial charge in [0.15, 0.2) is 12.2 Å². The van der Waals surface area contributed by atoms with Crippen LogP contribution >= 0.6 is 15.6 Å². The van der Waals surface area contributed by atoms with Crippen LogP contribution in [0.5, 0.6) is 0 Å². The molecule has 0 bridgehead atoms. The number of hydrogen-bond donors (Lipinski definition) is 3. The summed E-state index contributed by atoms with van der Waals surface area (Å²) in [5.41, 5.74) is 0. The maximum atomic E-state index is 13.0. The van der Waals surface area contributed by atoms with Gasteiger partial charge in [-0.25, -0.2) is 9.13 Å². The summed E-state index contributed by atoms with van der Waals surface area (Å²) in [6.07, 6.45) is 49.9. The van der Waals surface area contributed by atoms with E-state index < -0.39 is 97.5 Å². The van der Waals surface area contributed by atoms with Gasteiger partial charge >= 0.3 is 39.5 Å². The van der Waals surface area contributed by atoms with Gasteiger partial charge in [0, 0.05) is 25.7 Å². The molecule has 0 heterocycles. The van der Waals surface area contributed by atoms with E-state index in [4.69, 9.17) is 37.0 Å². The zero-order valence-corrected chi connectivity index (χ0v) is 60.9. The third kappa shape index (κ3) is 65.1. The zero-order chi connectivity index (χ0) is 67.2. The Labute approximate surface area is 556 Å². The Hall–Kier alpha value is -1.94. The molecule has 0 aromatic heterocycles. The first-order valence-corrected chi connectivity index (χ1v) is 40.5. The fourth-order valence-electron chi connectivity index (χ4n) is 10.9. The van der Waals surface area contributed by atoms with Crippen LogP contribution in [-0.2, 0) is 65.4 Å². The molecular formula is C72H140O17P2. The van der Waals surface area contributed by atoms with Gasteiger partial charge in [0.2, 0.25) is 0 Å². The number of aliphatic hydroxyl groups excluding tert-OH is 1. The third-order valence-corrected chi connectivity index (χ3v) is 19.0. The monoisotopic (exact) mass is 1340 g/mol. The number of carbonyl (C=O) groups is 4. The van der Waals surface area contributed by atoms with Crippen LogP contribution in [0.15, 0.2) is 0 Å². The van der Waals surface area contributed by atoms with Crippen LogP contribution in [0.3, 0.4) is 0 Å². The SMILES string of the molecule is CCCCCCCCCCCCCCC(=O)OC[C@H](COP(=O)(O)OC[C@@H](O)COP(=O)(O)OC[C@@H](COC(=O)CCCCCCCCC(C)CC)OC(=O)CCCCCCCCCCCCC)OC(=O)CCCCCCCCCCCCCCCCCC(C)C. The number of hydrogen-bond acceptors (Lipinski definition) is 15. The quantitative estimate of drug-likeness (QED) is 0.0222. The van der Waals surface area contributed by atoms with Crippen molar-refractivity contribution in [1.82, 2.24) is 0 Å². The van der Waals surface area contributed by atoms with Gasteiger partial charge in [-0.2, -0.15) is 0 Å². The lowest BCUT2D eigenvalue weighted by Gasteiger charge is -2.21. The van der Waals surface area contributed by atoms with E-state index in [1.807, 2.05) is 0 Å². The van der Waals surface area contributed by atoms with Gasteiger partial charge in [-0.05, 0) is 37.5 Å². The Kier molecular flexibility index (Phi) is 62.7. The largest absolute Gasteiger partial charge is 0.472 e. The van der Waals surface area contributed by atoms with Crippen LogP contribution in [0.4, 0.5) is 0 Å². The molecule has 0 aliphatic heterocycles. The maximum absolute atomic E-state index is 13.0. The number of phosphoric acid groups is 2. The Balaban J connectivity index is 5.23. The highest BCUT2D eigenvalue weighted by atomic mass is 31.2. The number of rotatable bonds is 71. The van der Waals surface area contributed by atoms with E-state index in [2.05, 4.69) is 41.5 Å². The van der Waals surface area contributed by atoms with E-state index in [0.717, 1.165) is 108 Å². The Bertz CT molecular complexity index is 1770. The molecule has 0 spiro atoms. The molecule has 0 saturated carbocycles. The van der Waals surface area contributed by atoms with Crippen LogP contribution in [0.25, 0.3) is 0 Å². The van der Waals surface area contributed by atoms with E-state index in [9.17, 15) is 43.2 Å². The van der Waals surface area contributed by atoms with Gasteiger partial charge in [0.1, 0.15) is 19.3 Å². The van der Waals surface area contributed by atoms with E-state index in [1.54, 1.807) is 0 Å². The number of carbonyl (C=O) groups excluding carboxylic acids is 4. The van der Waals surface area contributed by atoms with Crippen LogP contribution < -0.4 is 0 Å². The number of phosphoric ester groups is 2. The summed E-state index contributed by atoms with van der Waals surface area (Å²) in [6.45, 7) is 9.55. The Morgan fingerprint density at radius 3 is 0.835 bits per heavy atom. The fourth-order valence-corrected chi connectivity index (χ4v) is 12.5. The predicted octanol–water partition coefficient (Wildman–Crippen LogP) is 20.8. The average Bonchev–Trinajstić information content (AvgIpc) is 3.72. The lowest BCUT2D eigenvalue weighted by atomic mass is 10.00. The second-order valence-corrected chi connectivity index (χ2v) is 29.6. The van der Waals surface area contributed by atoms with Crippen molar-refractivity contribution in [1.29, 1.82) is 0 Å². The van der Waals surface area contributed by atoms with E-state index in [1.165, 1.54) is 180 Å². The summed E-state index contributed by atoms with van der Waals surface area (Å²) in [5.74, 6) is -0.587. The smallest absolute Gasteiger partial charge is 0.462 e. The molecule has 0 saturated heterocycles. The lowest BCUT2D eigenvalue weighted by molar-refractivity contribution is -0.161. The molecule has 19 heteroatoms. The van der Waals surface area contributed by atoms with Crippen molar-refractivity contribution in [3.05, 3.63) is 0 Å². The summed E-state index contributed by atoms with van der Waals surface area (Å²) >= 11 is 0. The highest BCUT2D eigenvalue weighted by Crippen LogP contribution is 2.45. The second kappa shape index (κ2) is 64.1.